The topological polar surface area (TPSA) is 63.1 Å². The molecule has 0 radical (unpaired) electrons. The van der Waals surface area contributed by atoms with Crippen molar-refractivity contribution in [3.63, 3.8) is 0 Å². The molecule has 0 amide bonds. The lowest BCUT2D eigenvalue weighted by atomic mass is 10.2. The number of hydrogen-bond donors (Lipinski definition) is 0. The first kappa shape index (κ1) is 12.4. The Morgan fingerprint density at radius 2 is 2.10 bits per heavy atom. The van der Waals surface area contributed by atoms with Crippen molar-refractivity contribution in [2.45, 2.75) is 26.8 Å². The molecular formula is C15H14N4O. The Balaban J connectivity index is 2.61. The molecule has 0 spiro atoms. The van der Waals surface area contributed by atoms with Crippen LogP contribution in [-0.4, -0.2) is 14.0 Å². The maximum Gasteiger partial charge on any atom is 0.262 e. The summed E-state index contributed by atoms with van der Waals surface area (Å²) in [5.74, 6) is 0.535. The van der Waals surface area contributed by atoms with Gasteiger partial charge in [0.2, 0.25) is 5.78 Å². The summed E-state index contributed by atoms with van der Waals surface area (Å²) in [7, 11) is 0. The molecule has 3 rings (SSSR count). The van der Waals surface area contributed by atoms with Gasteiger partial charge in [-0.2, -0.15) is 5.26 Å². The van der Waals surface area contributed by atoms with E-state index in [-0.39, 0.29) is 12.1 Å². The van der Waals surface area contributed by atoms with Crippen LogP contribution < -0.4 is 5.56 Å². The third kappa shape index (κ3) is 1.55. The molecule has 0 fully saturated rings. The number of imidazole rings is 1. The van der Waals surface area contributed by atoms with E-state index in [0.29, 0.717) is 12.2 Å². The second kappa shape index (κ2) is 4.49. The predicted octanol–water partition coefficient (Wildman–Crippen LogP) is 2.04. The number of aromatic nitrogens is 3. The fraction of sp³-hybridized carbons (Fsp3) is 0.267. The van der Waals surface area contributed by atoms with Crippen LogP contribution in [0.1, 0.15) is 18.2 Å². The number of nitrogens with zero attached hydrogens (tertiary/aromatic N) is 4. The zero-order chi connectivity index (χ0) is 14.3. The van der Waals surface area contributed by atoms with E-state index in [4.69, 9.17) is 5.26 Å². The van der Waals surface area contributed by atoms with E-state index >= 15 is 0 Å². The number of para-hydroxylation sites is 2. The third-order valence-electron chi connectivity index (χ3n) is 3.67. The van der Waals surface area contributed by atoms with E-state index in [0.717, 1.165) is 22.3 Å². The van der Waals surface area contributed by atoms with Crippen LogP contribution >= 0.6 is 0 Å². The number of nitriles is 1. The summed E-state index contributed by atoms with van der Waals surface area (Å²) >= 11 is 0. The van der Waals surface area contributed by atoms with Gasteiger partial charge in [-0.25, -0.2) is 9.38 Å². The molecule has 20 heavy (non-hydrogen) atoms. The minimum atomic E-state index is -0.0390. The molecule has 3 aromatic rings. The largest absolute Gasteiger partial charge is 0.301 e. The predicted molar refractivity (Wildman–Crippen MR) is 76.7 cm³/mol. The molecule has 5 nitrogen and oxygen atoms in total. The number of fused-ring (bicyclic) bond motifs is 3. The SMILES string of the molecule is CCc1c(C)n(CC#N)c2nc3ccccc3n2c1=O. The zero-order valence-corrected chi connectivity index (χ0v) is 11.4. The average molecular weight is 266 g/mol. The van der Waals surface area contributed by atoms with Crippen molar-refractivity contribution in [2.75, 3.05) is 0 Å². The molecule has 0 saturated heterocycles. The summed E-state index contributed by atoms with van der Waals surface area (Å²) in [6.07, 6.45) is 0.637. The molecule has 100 valence electrons. The summed E-state index contributed by atoms with van der Waals surface area (Å²) in [4.78, 5) is 17.1. The Hall–Kier alpha value is -2.61. The van der Waals surface area contributed by atoms with Gasteiger partial charge < -0.3 is 4.57 Å². The van der Waals surface area contributed by atoms with Crippen LogP contribution in [0.2, 0.25) is 0 Å². The van der Waals surface area contributed by atoms with Crippen molar-refractivity contribution in [1.82, 2.24) is 14.0 Å². The van der Waals surface area contributed by atoms with Crippen LogP contribution in [0.15, 0.2) is 29.1 Å². The molecule has 0 bridgehead atoms. The molecule has 5 heteroatoms. The average Bonchev–Trinajstić information content (AvgIpc) is 2.83. The van der Waals surface area contributed by atoms with Gasteiger partial charge in [-0.1, -0.05) is 19.1 Å². The van der Waals surface area contributed by atoms with Gasteiger partial charge in [0.25, 0.3) is 5.56 Å². The minimum absolute atomic E-state index is 0.0390. The highest BCUT2D eigenvalue weighted by molar-refractivity contribution is 5.79. The van der Waals surface area contributed by atoms with Crippen LogP contribution in [-0.2, 0) is 13.0 Å². The van der Waals surface area contributed by atoms with Crippen molar-refractivity contribution in [3.8, 4) is 6.07 Å². The lowest BCUT2D eigenvalue weighted by Gasteiger charge is -2.12. The molecule has 1 aromatic carbocycles. The fourth-order valence-electron chi connectivity index (χ4n) is 2.66. The third-order valence-corrected chi connectivity index (χ3v) is 3.67. The molecular weight excluding hydrogens is 252 g/mol. The van der Waals surface area contributed by atoms with Gasteiger partial charge >= 0.3 is 0 Å². The summed E-state index contributed by atoms with van der Waals surface area (Å²) < 4.78 is 3.42. The number of hydrogen-bond acceptors (Lipinski definition) is 3. The van der Waals surface area contributed by atoms with Gasteiger partial charge in [0.15, 0.2) is 0 Å². The van der Waals surface area contributed by atoms with Crippen LogP contribution in [0.3, 0.4) is 0 Å². The van der Waals surface area contributed by atoms with E-state index in [1.54, 1.807) is 8.97 Å². The van der Waals surface area contributed by atoms with E-state index in [2.05, 4.69) is 11.1 Å². The van der Waals surface area contributed by atoms with Crippen LogP contribution in [0.5, 0.6) is 0 Å². The molecule has 2 heterocycles. The minimum Gasteiger partial charge on any atom is -0.301 e. The molecule has 0 aliphatic heterocycles. The van der Waals surface area contributed by atoms with Crippen molar-refractivity contribution in [3.05, 3.63) is 45.9 Å². The van der Waals surface area contributed by atoms with Crippen molar-refractivity contribution in [1.29, 1.82) is 5.26 Å². The highest BCUT2D eigenvalue weighted by Crippen LogP contribution is 2.17. The Bertz CT molecular complexity index is 911. The second-order valence-corrected chi connectivity index (χ2v) is 4.70. The van der Waals surface area contributed by atoms with Crippen LogP contribution in [0, 0.1) is 18.3 Å². The molecule has 0 N–H and O–H groups in total. The highest BCUT2D eigenvalue weighted by Gasteiger charge is 2.16. The molecule has 0 aliphatic carbocycles. The lowest BCUT2D eigenvalue weighted by molar-refractivity contribution is 0.755. The standard InChI is InChI=1S/C15H14N4O/c1-3-11-10(2)18(9-8-16)15-17-12-6-4-5-7-13(12)19(15)14(11)20/h4-7H,3,9H2,1-2H3. The van der Waals surface area contributed by atoms with Crippen LogP contribution in [0.4, 0.5) is 0 Å². The van der Waals surface area contributed by atoms with E-state index in [9.17, 15) is 4.79 Å². The maximum absolute atomic E-state index is 12.6. The Morgan fingerprint density at radius 3 is 2.80 bits per heavy atom. The molecule has 0 aliphatic rings. The van der Waals surface area contributed by atoms with Gasteiger partial charge in [-0.15, -0.1) is 0 Å². The van der Waals surface area contributed by atoms with Gasteiger partial charge in [0, 0.05) is 11.3 Å². The Labute approximate surface area is 115 Å². The lowest BCUT2D eigenvalue weighted by Crippen LogP contribution is -2.24. The first-order valence-corrected chi connectivity index (χ1v) is 6.55. The van der Waals surface area contributed by atoms with Gasteiger partial charge in [-0.3, -0.25) is 4.79 Å². The second-order valence-electron chi connectivity index (χ2n) is 4.70. The first-order chi connectivity index (χ1) is 9.69. The van der Waals surface area contributed by atoms with E-state index < -0.39 is 0 Å². The monoisotopic (exact) mass is 266 g/mol. The molecule has 0 saturated carbocycles. The summed E-state index contributed by atoms with van der Waals surface area (Å²) in [6.45, 7) is 4.01. The number of rotatable bonds is 2. The molecule has 0 unspecified atom stereocenters. The van der Waals surface area contributed by atoms with Crippen LogP contribution in [0.25, 0.3) is 16.8 Å². The molecule has 0 atom stereocenters. The first-order valence-electron chi connectivity index (χ1n) is 6.55. The normalized spacial score (nSPS) is 11.1. The Morgan fingerprint density at radius 1 is 1.35 bits per heavy atom. The van der Waals surface area contributed by atoms with Gasteiger partial charge in [-0.05, 0) is 25.5 Å². The summed E-state index contributed by atoms with van der Waals surface area (Å²) in [5.41, 5.74) is 3.07. The van der Waals surface area contributed by atoms with Gasteiger partial charge in [0.05, 0.1) is 17.1 Å². The molecule has 2 aromatic heterocycles. The Kier molecular flexibility index (Phi) is 2.79. The van der Waals surface area contributed by atoms with Crippen molar-refractivity contribution >= 4 is 16.8 Å². The van der Waals surface area contributed by atoms with Crippen molar-refractivity contribution < 1.29 is 0 Å². The smallest absolute Gasteiger partial charge is 0.262 e. The number of benzene rings is 1. The summed E-state index contributed by atoms with van der Waals surface area (Å²) in [5, 5.41) is 9.03. The summed E-state index contributed by atoms with van der Waals surface area (Å²) in [6, 6.07) is 9.67. The fourth-order valence-corrected chi connectivity index (χ4v) is 2.66. The van der Waals surface area contributed by atoms with E-state index in [1.807, 2.05) is 38.1 Å². The van der Waals surface area contributed by atoms with E-state index in [1.165, 1.54) is 0 Å². The quantitative estimate of drug-likeness (QED) is 0.713. The van der Waals surface area contributed by atoms with Crippen molar-refractivity contribution in [2.24, 2.45) is 0 Å². The highest BCUT2D eigenvalue weighted by atomic mass is 16.1. The zero-order valence-electron chi connectivity index (χ0n) is 11.4. The maximum atomic E-state index is 12.6. The van der Waals surface area contributed by atoms with Gasteiger partial charge in [0.1, 0.15) is 6.54 Å².